The Bertz CT molecular complexity index is 1520. The van der Waals surface area contributed by atoms with Gasteiger partial charge in [0.25, 0.3) is 17.2 Å². The largest absolute Gasteiger partial charge is 0.496 e. The van der Waals surface area contributed by atoms with E-state index in [2.05, 4.69) is 9.97 Å². The molecule has 2 fully saturated rings. The van der Waals surface area contributed by atoms with Crippen LogP contribution in [0.3, 0.4) is 0 Å². The number of methoxy groups -OCH3 is 1. The number of amides is 1. The Morgan fingerprint density at radius 2 is 2.14 bits per heavy atom. The van der Waals surface area contributed by atoms with E-state index in [4.69, 9.17) is 15.2 Å². The number of nitrogen functional groups attached to an aromatic ring is 1. The molecular weight excluding hydrogens is 594 g/mol. The second-order valence-electron chi connectivity index (χ2n) is 9.95. The third-order valence-electron chi connectivity index (χ3n) is 7.35. The average Bonchev–Trinajstić information content (AvgIpc) is 3.66. The van der Waals surface area contributed by atoms with Crippen LogP contribution in [0.15, 0.2) is 30.6 Å². The maximum Gasteiger partial charge on any atom is 0.329 e. The molecule has 1 unspecified atom stereocenters. The lowest BCUT2D eigenvalue weighted by Crippen LogP contribution is -2.49. The molecule has 3 N–H and O–H groups in total. The molecule has 0 bridgehead atoms. The van der Waals surface area contributed by atoms with Crippen molar-refractivity contribution in [2.75, 3.05) is 48.3 Å². The van der Waals surface area contributed by atoms with Crippen molar-refractivity contribution < 1.29 is 36.6 Å². The van der Waals surface area contributed by atoms with Crippen molar-refractivity contribution in [1.29, 1.82) is 0 Å². The van der Waals surface area contributed by atoms with E-state index >= 15 is 0 Å². The number of esters is 1. The maximum atomic E-state index is 13.8. The van der Waals surface area contributed by atoms with E-state index in [1.165, 1.54) is 23.1 Å². The number of alkyl halides is 2. The first-order chi connectivity index (χ1) is 20.0. The lowest BCUT2D eigenvalue weighted by Gasteiger charge is -2.29. The number of nitrogens with zero attached hydrogens (tertiary/aromatic N) is 5. The van der Waals surface area contributed by atoms with Crippen LogP contribution in [-0.4, -0.2) is 86.9 Å². The highest BCUT2D eigenvalue weighted by atomic mass is 32.2. The summed E-state index contributed by atoms with van der Waals surface area (Å²) in [5.41, 5.74) is 6.65. The number of thiazole rings is 1. The van der Waals surface area contributed by atoms with Crippen LogP contribution in [-0.2, 0) is 32.0 Å². The van der Waals surface area contributed by atoms with Crippen LogP contribution in [0.1, 0.15) is 25.3 Å². The molecule has 226 valence electrons. The molecule has 5 rings (SSSR count). The molecule has 12 nitrogen and oxygen atoms in total. The van der Waals surface area contributed by atoms with Gasteiger partial charge in [0.1, 0.15) is 28.7 Å². The van der Waals surface area contributed by atoms with E-state index in [0.717, 1.165) is 21.0 Å². The van der Waals surface area contributed by atoms with E-state index < -0.39 is 47.7 Å². The minimum atomic E-state index is -2.84. The van der Waals surface area contributed by atoms with E-state index in [0.29, 0.717) is 22.5 Å². The van der Waals surface area contributed by atoms with E-state index in [1.807, 2.05) is 6.07 Å². The normalized spacial score (nSPS) is 19.7. The zero-order chi connectivity index (χ0) is 30.2. The number of hydrogen-bond donors (Lipinski definition) is 2. The predicted octanol–water partition coefficient (Wildman–Crippen LogP) is 2.85. The Labute approximate surface area is 246 Å². The summed E-state index contributed by atoms with van der Waals surface area (Å²) in [6.45, 7) is 1.45. The number of benzene rings is 1. The molecule has 1 aromatic carbocycles. The first kappa shape index (κ1) is 29.8. The summed E-state index contributed by atoms with van der Waals surface area (Å²) in [6, 6.07) is 3.16. The fourth-order valence-corrected chi connectivity index (χ4v) is 7.16. The Hall–Kier alpha value is -3.63. The summed E-state index contributed by atoms with van der Waals surface area (Å²) < 4.78 is 62.1. The summed E-state index contributed by atoms with van der Waals surface area (Å²) in [7, 11) is 1.48. The summed E-state index contributed by atoms with van der Waals surface area (Å²) in [4.78, 5) is 38.0. The number of nitrogens with two attached hydrogens (primary N) is 1. The van der Waals surface area contributed by atoms with Gasteiger partial charge >= 0.3 is 5.97 Å². The van der Waals surface area contributed by atoms with Crippen LogP contribution in [0.5, 0.6) is 5.75 Å². The number of carbonyl (C=O) groups excluding carboxylic acids is 2. The molecule has 16 heteroatoms. The van der Waals surface area contributed by atoms with Crippen LogP contribution in [0, 0.1) is 0 Å². The molecule has 2 saturated heterocycles. The van der Waals surface area contributed by atoms with Crippen molar-refractivity contribution in [3.05, 3.63) is 36.2 Å². The van der Waals surface area contributed by atoms with Gasteiger partial charge in [-0.3, -0.25) is 9.35 Å². The molecule has 3 atom stereocenters. The highest BCUT2D eigenvalue weighted by molar-refractivity contribution is 7.81. The lowest BCUT2D eigenvalue weighted by atomic mass is 10.00. The molecule has 0 saturated carbocycles. The molecule has 2 aromatic heterocycles. The Morgan fingerprint density at radius 3 is 2.81 bits per heavy atom. The third-order valence-corrected chi connectivity index (χ3v) is 9.31. The number of aromatic nitrogens is 2. The third kappa shape index (κ3) is 5.83. The summed E-state index contributed by atoms with van der Waals surface area (Å²) in [5.74, 6) is -3.26. The molecule has 3 aromatic rings. The molecule has 4 heterocycles. The van der Waals surface area contributed by atoms with Crippen LogP contribution in [0.2, 0.25) is 0 Å². The molecule has 0 radical (unpaired) electrons. The Morgan fingerprint density at radius 1 is 1.36 bits per heavy atom. The average molecular weight is 625 g/mol. The second kappa shape index (κ2) is 11.9. The number of rotatable bonds is 10. The molecule has 2 aliphatic rings. The van der Waals surface area contributed by atoms with Crippen molar-refractivity contribution in [3.8, 4) is 5.75 Å². The second-order valence-corrected chi connectivity index (χ2v) is 11.8. The van der Waals surface area contributed by atoms with Gasteiger partial charge in [-0.2, -0.15) is 0 Å². The number of halogens is 2. The number of carbonyl (C=O) groups is 2. The minimum Gasteiger partial charge on any atom is -0.496 e. The number of ether oxygens (including phenoxy) is 2. The minimum absolute atomic E-state index is 0.0503. The first-order valence-corrected chi connectivity index (χ1v) is 15.1. The number of anilines is 3. The van der Waals surface area contributed by atoms with E-state index in [-0.39, 0.29) is 49.1 Å². The van der Waals surface area contributed by atoms with E-state index in [1.54, 1.807) is 25.3 Å². The highest BCUT2D eigenvalue weighted by Crippen LogP contribution is 2.38. The standard InChI is InChI=1S/C26H30F2N6O6S2/c1-3-40-24(36)19(11-16-10-15-4-7-30-22(29)17(15)12-20(16)39-2)33-8-5-18(23(33)35)34(42(37)38)21-13-31-25(41-21)32-9-6-26(27,28)14-32/h4,7,10,12-13,18-19H,3,5-6,8-9,11,14H2,1-2H3,(H2,29,30)(H,37,38)/t18-,19+/m0/s1. The molecule has 2 aliphatic heterocycles. The highest BCUT2D eigenvalue weighted by Gasteiger charge is 2.45. The van der Waals surface area contributed by atoms with Crippen molar-refractivity contribution in [2.45, 2.75) is 44.2 Å². The number of hydrogen-bond acceptors (Lipinski definition) is 10. The van der Waals surface area contributed by atoms with Crippen LogP contribution < -0.4 is 19.7 Å². The van der Waals surface area contributed by atoms with Crippen molar-refractivity contribution >= 4 is 61.2 Å². The van der Waals surface area contributed by atoms with Gasteiger partial charge in [-0.1, -0.05) is 11.3 Å². The lowest BCUT2D eigenvalue weighted by molar-refractivity contribution is -0.153. The number of fused-ring (bicyclic) bond motifs is 1. The van der Waals surface area contributed by atoms with Crippen molar-refractivity contribution in [2.24, 2.45) is 0 Å². The quantitative estimate of drug-likeness (QED) is 0.255. The molecule has 1 amide bonds. The molecule has 0 aliphatic carbocycles. The Kier molecular flexibility index (Phi) is 8.48. The van der Waals surface area contributed by atoms with Crippen LogP contribution in [0.25, 0.3) is 10.8 Å². The first-order valence-electron chi connectivity index (χ1n) is 13.2. The van der Waals surface area contributed by atoms with E-state index in [9.17, 15) is 27.1 Å². The monoisotopic (exact) mass is 624 g/mol. The van der Waals surface area contributed by atoms with Gasteiger partial charge in [-0.05, 0) is 42.5 Å². The number of pyridine rings is 1. The van der Waals surface area contributed by atoms with Gasteiger partial charge in [0, 0.05) is 37.5 Å². The zero-order valence-electron chi connectivity index (χ0n) is 22.9. The summed E-state index contributed by atoms with van der Waals surface area (Å²) >= 11 is -1.69. The molecule has 42 heavy (non-hydrogen) atoms. The van der Waals surface area contributed by atoms with Crippen molar-refractivity contribution in [3.63, 3.8) is 0 Å². The smallest absolute Gasteiger partial charge is 0.329 e. The predicted molar refractivity (Wildman–Crippen MR) is 154 cm³/mol. The maximum absolute atomic E-state index is 13.8. The van der Waals surface area contributed by atoms with Gasteiger partial charge < -0.3 is 25.0 Å². The fourth-order valence-electron chi connectivity index (χ4n) is 5.34. The van der Waals surface area contributed by atoms with Crippen molar-refractivity contribution in [1.82, 2.24) is 14.9 Å². The summed E-state index contributed by atoms with van der Waals surface area (Å²) in [6.07, 6.45) is 2.73. The SMILES string of the molecule is CCOC(=O)[C@@H](Cc1cc2ccnc(N)c2cc1OC)N1CC[C@H](N(c2cnc(N3CCC(F)(F)C3)s2)S(=O)O)C1=O. The van der Waals surface area contributed by atoms with Gasteiger partial charge in [-0.15, -0.1) is 0 Å². The van der Waals surface area contributed by atoms with Gasteiger partial charge in [0.05, 0.1) is 26.5 Å². The Balaban J connectivity index is 1.42. The molecule has 0 spiro atoms. The topological polar surface area (TPSA) is 151 Å². The van der Waals surface area contributed by atoms with Gasteiger partial charge in [-0.25, -0.2) is 32.1 Å². The molecular formula is C26H30F2N6O6S2. The summed E-state index contributed by atoms with van der Waals surface area (Å²) in [5, 5.41) is 1.88. The number of likely N-dealkylation sites (tertiary alicyclic amines) is 1. The van der Waals surface area contributed by atoms with Crippen LogP contribution >= 0.6 is 11.3 Å². The van der Waals surface area contributed by atoms with Gasteiger partial charge in [0.2, 0.25) is 5.91 Å². The van der Waals surface area contributed by atoms with Crippen LogP contribution in [0.4, 0.5) is 24.7 Å². The zero-order valence-corrected chi connectivity index (χ0v) is 24.5. The fraction of sp³-hybridized carbons (Fsp3) is 0.462. The van der Waals surface area contributed by atoms with Gasteiger partial charge in [0.15, 0.2) is 5.13 Å².